The number of aromatic amines is 1. The summed E-state index contributed by atoms with van der Waals surface area (Å²) in [5, 5.41) is 9.04. The zero-order valence-electron chi connectivity index (χ0n) is 13.8. The SMILES string of the molecule is CC(C)OC(=O)c1cc(-n2c(=O)cc(C(F)(F)F)[nH]c2=O)c(F)cc1C#N. The van der Waals surface area contributed by atoms with E-state index in [0.29, 0.717) is 12.1 Å². The molecule has 0 aliphatic carbocycles. The van der Waals surface area contributed by atoms with Gasteiger partial charge in [0.2, 0.25) is 0 Å². The molecule has 0 amide bonds. The summed E-state index contributed by atoms with van der Waals surface area (Å²) in [7, 11) is 0. The van der Waals surface area contributed by atoms with Crippen LogP contribution in [0.25, 0.3) is 5.69 Å². The van der Waals surface area contributed by atoms with E-state index < -0.39 is 57.8 Å². The number of carbonyl (C=O) groups excluding carboxylic acids is 1. The summed E-state index contributed by atoms with van der Waals surface area (Å²) in [6.45, 7) is 3.03. The maximum atomic E-state index is 14.3. The third kappa shape index (κ3) is 4.05. The molecule has 0 saturated carbocycles. The van der Waals surface area contributed by atoms with E-state index in [9.17, 15) is 31.9 Å². The Bertz CT molecular complexity index is 1030. The van der Waals surface area contributed by atoms with E-state index in [1.807, 2.05) is 0 Å². The van der Waals surface area contributed by atoms with Crippen LogP contribution in [0.3, 0.4) is 0 Å². The van der Waals surface area contributed by atoms with E-state index in [-0.39, 0.29) is 10.6 Å². The Morgan fingerprint density at radius 1 is 1.26 bits per heavy atom. The van der Waals surface area contributed by atoms with E-state index >= 15 is 0 Å². The lowest BCUT2D eigenvalue weighted by molar-refractivity contribution is -0.141. The Labute approximate surface area is 148 Å². The van der Waals surface area contributed by atoms with Crippen LogP contribution < -0.4 is 11.2 Å². The van der Waals surface area contributed by atoms with Crippen LogP contribution in [0.2, 0.25) is 0 Å². The quantitative estimate of drug-likeness (QED) is 0.644. The molecule has 0 fully saturated rings. The molecule has 142 valence electrons. The number of halogens is 4. The molecule has 0 atom stereocenters. The number of nitriles is 1. The molecular weight excluding hydrogens is 374 g/mol. The topological polar surface area (TPSA) is 105 Å². The zero-order chi connectivity index (χ0) is 20.5. The number of rotatable bonds is 3. The maximum absolute atomic E-state index is 14.3. The molecule has 2 aromatic rings. The fourth-order valence-electron chi connectivity index (χ4n) is 2.15. The normalized spacial score (nSPS) is 11.3. The first kappa shape index (κ1) is 19.9. The number of hydrogen-bond donors (Lipinski definition) is 1. The molecule has 1 aromatic heterocycles. The van der Waals surface area contributed by atoms with E-state index in [2.05, 4.69) is 0 Å². The summed E-state index contributed by atoms with van der Waals surface area (Å²) in [6.07, 6.45) is -5.58. The smallest absolute Gasteiger partial charge is 0.431 e. The van der Waals surface area contributed by atoms with Crippen LogP contribution in [0.1, 0.15) is 35.5 Å². The predicted molar refractivity (Wildman–Crippen MR) is 82.9 cm³/mol. The van der Waals surface area contributed by atoms with Gasteiger partial charge in [0.1, 0.15) is 17.6 Å². The Balaban J connectivity index is 2.74. The van der Waals surface area contributed by atoms with Crippen LogP contribution in [0.15, 0.2) is 27.8 Å². The molecule has 0 radical (unpaired) electrons. The number of nitrogens with zero attached hydrogens (tertiary/aromatic N) is 2. The van der Waals surface area contributed by atoms with E-state index in [1.54, 1.807) is 6.07 Å². The molecule has 0 bridgehead atoms. The number of carbonyl (C=O) groups is 1. The van der Waals surface area contributed by atoms with Crippen molar-refractivity contribution in [3.63, 3.8) is 0 Å². The minimum Gasteiger partial charge on any atom is -0.459 e. The molecule has 0 saturated heterocycles. The van der Waals surface area contributed by atoms with Crippen molar-refractivity contribution in [3.05, 3.63) is 61.7 Å². The number of esters is 1. The van der Waals surface area contributed by atoms with Crippen LogP contribution in [-0.2, 0) is 10.9 Å². The van der Waals surface area contributed by atoms with Gasteiger partial charge in [-0.05, 0) is 26.0 Å². The van der Waals surface area contributed by atoms with E-state index in [0.717, 1.165) is 0 Å². The first-order valence-corrected chi connectivity index (χ1v) is 7.34. The number of aromatic nitrogens is 2. The van der Waals surface area contributed by atoms with Gasteiger partial charge >= 0.3 is 17.8 Å². The maximum Gasteiger partial charge on any atom is 0.431 e. The van der Waals surface area contributed by atoms with Gasteiger partial charge in [0.25, 0.3) is 5.56 Å². The molecule has 2 rings (SSSR count). The first-order valence-electron chi connectivity index (χ1n) is 7.34. The van der Waals surface area contributed by atoms with Crippen LogP contribution in [0.4, 0.5) is 17.6 Å². The number of benzene rings is 1. The van der Waals surface area contributed by atoms with Crippen molar-refractivity contribution in [1.29, 1.82) is 5.26 Å². The Hall–Kier alpha value is -3.42. The highest BCUT2D eigenvalue weighted by atomic mass is 19.4. The van der Waals surface area contributed by atoms with E-state index in [1.165, 1.54) is 18.8 Å². The van der Waals surface area contributed by atoms with Crippen molar-refractivity contribution < 1.29 is 27.1 Å². The van der Waals surface area contributed by atoms with Crippen molar-refractivity contribution in [2.24, 2.45) is 0 Å². The molecule has 27 heavy (non-hydrogen) atoms. The third-order valence-corrected chi connectivity index (χ3v) is 3.25. The van der Waals surface area contributed by atoms with Crippen LogP contribution in [0, 0.1) is 17.1 Å². The molecule has 1 N–H and O–H groups in total. The van der Waals surface area contributed by atoms with Gasteiger partial charge in [-0.2, -0.15) is 18.4 Å². The average molecular weight is 385 g/mol. The van der Waals surface area contributed by atoms with Crippen molar-refractivity contribution in [2.45, 2.75) is 26.1 Å². The number of H-pyrrole nitrogens is 1. The van der Waals surface area contributed by atoms with Crippen molar-refractivity contribution in [3.8, 4) is 11.8 Å². The summed E-state index contributed by atoms with van der Waals surface area (Å²) in [5.74, 6) is -2.29. The largest absolute Gasteiger partial charge is 0.459 e. The van der Waals surface area contributed by atoms with Crippen LogP contribution >= 0.6 is 0 Å². The summed E-state index contributed by atoms with van der Waals surface area (Å²) < 4.78 is 57.3. The van der Waals surface area contributed by atoms with Crippen LogP contribution in [0.5, 0.6) is 0 Å². The lowest BCUT2D eigenvalue weighted by atomic mass is 10.1. The molecule has 1 heterocycles. The van der Waals surface area contributed by atoms with Gasteiger partial charge in [0, 0.05) is 6.07 Å². The Morgan fingerprint density at radius 3 is 2.37 bits per heavy atom. The molecule has 1 aromatic carbocycles. The number of nitrogens with one attached hydrogen (secondary N) is 1. The van der Waals surface area contributed by atoms with Gasteiger partial charge in [-0.1, -0.05) is 0 Å². The second-order valence-electron chi connectivity index (χ2n) is 5.57. The minimum atomic E-state index is -4.99. The molecule has 11 heteroatoms. The minimum absolute atomic E-state index is 0.0746. The summed E-state index contributed by atoms with van der Waals surface area (Å²) in [5.41, 5.74) is -6.33. The lowest BCUT2D eigenvalue weighted by Gasteiger charge is -2.13. The highest BCUT2D eigenvalue weighted by Gasteiger charge is 2.33. The summed E-state index contributed by atoms with van der Waals surface area (Å²) in [6, 6.07) is 2.92. The predicted octanol–water partition coefficient (Wildman–Crippen LogP) is 2.12. The third-order valence-electron chi connectivity index (χ3n) is 3.25. The molecule has 0 aliphatic heterocycles. The lowest BCUT2D eigenvalue weighted by Crippen LogP contribution is -2.36. The molecule has 0 aliphatic rings. The number of ether oxygens (including phenoxy) is 1. The zero-order valence-corrected chi connectivity index (χ0v) is 13.8. The highest BCUT2D eigenvalue weighted by Crippen LogP contribution is 2.26. The molecular formula is C16H11F4N3O4. The Kier molecular flexibility index (Phi) is 5.21. The van der Waals surface area contributed by atoms with Crippen molar-refractivity contribution in [1.82, 2.24) is 9.55 Å². The van der Waals surface area contributed by atoms with Crippen LogP contribution in [-0.4, -0.2) is 21.6 Å². The number of alkyl halides is 3. The fourth-order valence-corrected chi connectivity index (χ4v) is 2.15. The monoisotopic (exact) mass is 385 g/mol. The van der Waals surface area contributed by atoms with Gasteiger partial charge in [0.15, 0.2) is 0 Å². The standard InChI is InChI=1S/C16H11F4N3O4/c1-7(2)27-14(25)9-4-11(10(17)3-8(9)6-21)23-13(24)5-12(16(18,19)20)22-15(23)26/h3-5,7H,1-2H3,(H,22,26). The van der Waals surface area contributed by atoms with Gasteiger partial charge in [-0.25, -0.2) is 18.5 Å². The molecule has 0 unspecified atom stereocenters. The van der Waals surface area contributed by atoms with Crippen molar-refractivity contribution >= 4 is 5.97 Å². The fraction of sp³-hybridized carbons (Fsp3) is 0.250. The van der Waals surface area contributed by atoms with Gasteiger partial charge < -0.3 is 9.72 Å². The van der Waals surface area contributed by atoms with Gasteiger partial charge in [0.05, 0.1) is 22.9 Å². The second kappa shape index (κ2) is 7.06. The average Bonchev–Trinajstić information content (AvgIpc) is 2.53. The molecule has 7 nitrogen and oxygen atoms in total. The number of hydrogen-bond acceptors (Lipinski definition) is 5. The van der Waals surface area contributed by atoms with Gasteiger partial charge in [-0.3, -0.25) is 4.79 Å². The summed E-state index contributed by atoms with van der Waals surface area (Å²) >= 11 is 0. The first-order chi connectivity index (χ1) is 12.5. The van der Waals surface area contributed by atoms with E-state index in [4.69, 9.17) is 10.00 Å². The van der Waals surface area contributed by atoms with Crippen molar-refractivity contribution in [2.75, 3.05) is 0 Å². The van der Waals surface area contributed by atoms with Gasteiger partial charge in [-0.15, -0.1) is 0 Å². The Morgan fingerprint density at radius 2 is 1.89 bits per heavy atom. The second-order valence-corrected chi connectivity index (χ2v) is 5.57. The molecule has 0 spiro atoms. The highest BCUT2D eigenvalue weighted by molar-refractivity contribution is 5.93. The summed E-state index contributed by atoms with van der Waals surface area (Å²) in [4.78, 5) is 37.4.